The molecule has 1 N–H and O–H groups in total. The maximum Gasteiger partial charge on any atom is 0.327 e. The van der Waals surface area contributed by atoms with Crippen molar-refractivity contribution in [2.45, 2.75) is 26.3 Å². The minimum absolute atomic E-state index is 0.213. The standard InChI is InChI=1S/C16H16FNO3S2/c1-3-9(2)13(15(20)21)18-14(19)12(23-16(18)22)8-10-5-4-6-11(17)7-10/h4-9,13H,3H2,1-2H3,(H,20,21)/b12-8-. The molecule has 122 valence electrons. The number of carboxylic acid groups (broad SMARTS) is 1. The number of thioether (sulfide) groups is 1. The average molecular weight is 353 g/mol. The summed E-state index contributed by atoms with van der Waals surface area (Å²) in [5.74, 6) is -2.17. The first-order valence-corrected chi connectivity index (χ1v) is 8.33. The summed E-state index contributed by atoms with van der Waals surface area (Å²) in [6, 6.07) is 4.83. The van der Waals surface area contributed by atoms with E-state index in [1.54, 1.807) is 19.1 Å². The fraction of sp³-hybridized carbons (Fsp3) is 0.312. The smallest absolute Gasteiger partial charge is 0.327 e. The summed E-state index contributed by atoms with van der Waals surface area (Å²) in [6.07, 6.45) is 2.13. The van der Waals surface area contributed by atoms with E-state index < -0.39 is 23.7 Å². The highest BCUT2D eigenvalue weighted by Gasteiger charge is 2.42. The number of hydrogen-bond acceptors (Lipinski definition) is 4. The predicted octanol–water partition coefficient (Wildman–Crippen LogP) is 3.53. The van der Waals surface area contributed by atoms with E-state index in [2.05, 4.69) is 0 Å². The van der Waals surface area contributed by atoms with Crippen molar-refractivity contribution >= 4 is 46.3 Å². The summed E-state index contributed by atoms with van der Waals surface area (Å²) < 4.78 is 13.5. The summed E-state index contributed by atoms with van der Waals surface area (Å²) in [4.78, 5) is 25.6. The lowest BCUT2D eigenvalue weighted by Gasteiger charge is -2.27. The summed E-state index contributed by atoms with van der Waals surface area (Å²) in [5, 5.41) is 9.45. The van der Waals surface area contributed by atoms with Gasteiger partial charge in [-0.15, -0.1) is 0 Å². The van der Waals surface area contributed by atoms with Gasteiger partial charge < -0.3 is 5.11 Å². The molecule has 2 unspecified atom stereocenters. The van der Waals surface area contributed by atoms with Crippen LogP contribution in [0.1, 0.15) is 25.8 Å². The van der Waals surface area contributed by atoms with Gasteiger partial charge in [0.1, 0.15) is 16.2 Å². The molecule has 1 fully saturated rings. The largest absolute Gasteiger partial charge is 0.480 e. The molecule has 4 nitrogen and oxygen atoms in total. The van der Waals surface area contributed by atoms with E-state index >= 15 is 0 Å². The van der Waals surface area contributed by atoms with Crippen molar-refractivity contribution in [2.75, 3.05) is 0 Å². The molecule has 1 aliphatic rings. The average Bonchev–Trinajstić information content (AvgIpc) is 2.75. The Bertz CT molecular complexity index is 690. The van der Waals surface area contributed by atoms with Crippen LogP contribution in [-0.2, 0) is 9.59 Å². The van der Waals surface area contributed by atoms with Crippen LogP contribution < -0.4 is 0 Å². The van der Waals surface area contributed by atoms with Crippen LogP contribution in [0.5, 0.6) is 0 Å². The topological polar surface area (TPSA) is 57.6 Å². The maximum absolute atomic E-state index is 13.2. The Morgan fingerprint density at radius 3 is 2.78 bits per heavy atom. The molecule has 1 aromatic carbocycles. The molecule has 0 aromatic heterocycles. The molecular formula is C16H16FNO3S2. The van der Waals surface area contributed by atoms with Crippen molar-refractivity contribution < 1.29 is 19.1 Å². The molecule has 1 aliphatic heterocycles. The van der Waals surface area contributed by atoms with E-state index in [4.69, 9.17) is 12.2 Å². The summed E-state index contributed by atoms with van der Waals surface area (Å²) in [6.45, 7) is 3.63. The molecule has 2 rings (SSSR count). The number of thiocarbonyl (C=S) groups is 1. The van der Waals surface area contributed by atoms with Crippen LogP contribution in [0.25, 0.3) is 6.08 Å². The SMILES string of the molecule is CCC(C)C(C(=O)O)N1C(=O)/C(=C/c2cccc(F)c2)SC1=S. The Morgan fingerprint density at radius 2 is 2.22 bits per heavy atom. The van der Waals surface area contributed by atoms with E-state index in [9.17, 15) is 19.1 Å². The first kappa shape index (κ1) is 17.6. The van der Waals surface area contributed by atoms with Crippen LogP contribution in [0, 0.1) is 11.7 Å². The monoisotopic (exact) mass is 353 g/mol. The minimum atomic E-state index is -1.08. The molecular weight excluding hydrogens is 337 g/mol. The number of hydrogen-bond donors (Lipinski definition) is 1. The third-order valence-corrected chi connectivity index (χ3v) is 5.01. The molecule has 23 heavy (non-hydrogen) atoms. The fourth-order valence-electron chi connectivity index (χ4n) is 2.30. The summed E-state index contributed by atoms with van der Waals surface area (Å²) in [7, 11) is 0. The molecule has 1 aromatic rings. The zero-order valence-corrected chi connectivity index (χ0v) is 14.3. The van der Waals surface area contributed by atoms with Crippen molar-refractivity contribution in [2.24, 2.45) is 5.92 Å². The van der Waals surface area contributed by atoms with Crippen molar-refractivity contribution in [3.05, 3.63) is 40.6 Å². The number of amides is 1. The summed E-state index contributed by atoms with van der Waals surface area (Å²) >= 11 is 6.23. The first-order valence-electron chi connectivity index (χ1n) is 7.10. The number of carbonyl (C=O) groups is 2. The van der Waals surface area contributed by atoms with Crippen LogP contribution >= 0.6 is 24.0 Å². The second kappa shape index (κ2) is 7.23. The number of halogens is 1. The van der Waals surface area contributed by atoms with Gasteiger partial charge in [0.25, 0.3) is 5.91 Å². The van der Waals surface area contributed by atoms with E-state index in [0.29, 0.717) is 16.9 Å². The van der Waals surface area contributed by atoms with Crippen molar-refractivity contribution in [3.63, 3.8) is 0 Å². The van der Waals surface area contributed by atoms with Gasteiger partial charge in [-0.3, -0.25) is 9.69 Å². The molecule has 0 bridgehead atoms. The lowest BCUT2D eigenvalue weighted by atomic mass is 9.98. The second-order valence-corrected chi connectivity index (χ2v) is 6.95. The highest BCUT2D eigenvalue weighted by molar-refractivity contribution is 8.26. The van der Waals surface area contributed by atoms with Gasteiger partial charge >= 0.3 is 5.97 Å². The highest BCUT2D eigenvalue weighted by atomic mass is 32.2. The van der Waals surface area contributed by atoms with Gasteiger partial charge in [0.2, 0.25) is 0 Å². The molecule has 1 saturated heterocycles. The van der Waals surface area contributed by atoms with Crippen molar-refractivity contribution in [1.82, 2.24) is 4.90 Å². The van der Waals surface area contributed by atoms with Crippen LogP contribution in [0.3, 0.4) is 0 Å². The van der Waals surface area contributed by atoms with Crippen molar-refractivity contribution in [3.8, 4) is 0 Å². The maximum atomic E-state index is 13.2. The van der Waals surface area contributed by atoms with E-state index in [0.717, 1.165) is 16.7 Å². The third kappa shape index (κ3) is 3.79. The number of nitrogens with zero attached hydrogens (tertiary/aromatic N) is 1. The Labute approximate surface area is 143 Å². The lowest BCUT2D eigenvalue weighted by Crippen LogP contribution is -2.47. The third-order valence-electron chi connectivity index (χ3n) is 3.68. The quantitative estimate of drug-likeness (QED) is 0.648. The number of rotatable bonds is 5. The van der Waals surface area contributed by atoms with Gasteiger partial charge in [-0.25, -0.2) is 9.18 Å². The molecule has 1 heterocycles. The molecule has 0 aliphatic carbocycles. The predicted molar refractivity (Wildman–Crippen MR) is 92.3 cm³/mol. The normalized spacial score (nSPS) is 19.3. The fourth-order valence-corrected chi connectivity index (χ4v) is 3.63. The number of carbonyl (C=O) groups excluding carboxylic acids is 1. The first-order chi connectivity index (χ1) is 10.8. The molecule has 1 amide bonds. The number of aliphatic carboxylic acids is 1. The zero-order chi connectivity index (χ0) is 17.1. The Morgan fingerprint density at radius 1 is 1.52 bits per heavy atom. The molecule has 0 saturated carbocycles. The van der Waals surface area contributed by atoms with Gasteiger partial charge in [0, 0.05) is 0 Å². The summed E-state index contributed by atoms with van der Waals surface area (Å²) in [5.41, 5.74) is 0.529. The van der Waals surface area contributed by atoms with Crippen LogP contribution in [-0.4, -0.2) is 32.2 Å². The van der Waals surface area contributed by atoms with Gasteiger partial charge in [0.05, 0.1) is 4.91 Å². The van der Waals surface area contributed by atoms with Crippen LogP contribution in [0.4, 0.5) is 4.39 Å². The lowest BCUT2D eigenvalue weighted by molar-refractivity contribution is -0.147. The van der Waals surface area contributed by atoms with Crippen LogP contribution in [0.15, 0.2) is 29.2 Å². The Kier molecular flexibility index (Phi) is 5.54. The van der Waals surface area contributed by atoms with Gasteiger partial charge in [-0.2, -0.15) is 0 Å². The second-order valence-electron chi connectivity index (χ2n) is 5.28. The molecule has 0 radical (unpaired) electrons. The molecule has 2 atom stereocenters. The van der Waals surface area contributed by atoms with E-state index in [1.165, 1.54) is 18.2 Å². The number of benzene rings is 1. The molecule has 0 spiro atoms. The van der Waals surface area contributed by atoms with E-state index in [-0.39, 0.29) is 10.2 Å². The van der Waals surface area contributed by atoms with Gasteiger partial charge in [-0.05, 0) is 29.7 Å². The molecule has 7 heteroatoms. The highest BCUT2D eigenvalue weighted by Crippen LogP contribution is 2.36. The Balaban J connectivity index is 2.34. The van der Waals surface area contributed by atoms with E-state index in [1.807, 2.05) is 6.92 Å². The Hall–Kier alpha value is -1.73. The minimum Gasteiger partial charge on any atom is -0.480 e. The zero-order valence-electron chi connectivity index (χ0n) is 12.7. The van der Waals surface area contributed by atoms with Crippen LogP contribution in [0.2, 0.25) is 0 Å². The number of carboxylic acids is 1. The van der Waals surface area contributed by atoms with Gasteiger partial charge in [0.15, 0.2) is 0 Å². The van der Waals surface area contributed by atoms with Crippen molar-refractivity contribution in [1.29, 1.82) is 0 Å². The van der Waals surface area contributed by atoms with Gasteiger partial charge in [-0.1, -0.05) is 56.4 Å².